The van der Waals surface area contributed by atoms with E-state index in [1.165, 1.54) is 19.2 Å². The molecular formula is C13H15N3O4. The van der Waals surface area contributed by atoms with Gasteiger partial charge in [0.15, 0.2) is 5.76 Å². The van der Waals surface area contributed by atoms with E-state index in [9.17, 15) is 10.1 Å². The van der Waals surface area contributed by atoms with Gasteiger partial charge in [0.2, 0.25) is 5.89 Å². The fourth-order valence-electron chi connectivity index (χ4n) is 1.73. The number of aromatic nitrogens is 1. The van der Waals surface area contributed by atoms with E-state index in [0.29, 0.717) is 23.0 Å². The third-order valence-corrected chi connectivity index (χ3v) is 2.99. The van der Waals surface area contributed by atoms with Gasteiger partial charge in [-0.05, 0) is 20.0 Å². The van der Waals surface area contributed by atoms with E-state index in [4.69, 9.17) is 9.15 Å². The van der Waals surface area contributed by atoms with E-state index >= 15 is 0 Å². The summed E-state index contributed by atoms with van der Waals surface area (Å²) in [4.78, 5) is 14.5. The molecule has 1 heterocycles. The summed E-state index contributed by atoms with van der Waals surface area (Å²) < 4.78 is 10.8. The van der Waals surface area contributed by atoms with Gasteiger partial charge in [0.1, 0.15) is 5.75 Å². The van der Waals surface area contributed by atoms with E-state index < -0.39 is 4.92 Å². The van der Waals surface area contributed by atoms with Crippen LogP contribution in [0.3, 0.4) is 0 Å². The molecule has 7 nitrogen and oxygen atoms in total. The van der Waals surface area contributed by atoms with Crippen LogP contribution >= 0.6 is 0 Å². The summed E-state index contributed by atoms with van der Waals surface area (Å²) in [5.74, 6) is 1.43. The third-order valence-electron chi connectivity index (χ3n) is 2.99. The number of nitro benzene ring substituents is 1. The Morgan fingerprint density at radius 3 is 2.85 bits per heavy atom. The van der Waals surface area contributed by atoms with Gasteiger partial charge in [-0.15, -0.1) is 0 Å². The summed E-state index contributed by atoms with van der Waals surface area (Å²) in [5, 5.41) is 13.8. The Bertz CT molecular complexity index is 624. The Hall–Kier alpha value is -2.41. The molecule has 0 fully saturated rings. The Morgan fingerprint density at radius 1 is 1.50 bits per heavy atom. The predicted molar refractivity (Wildman–Crippen MR) is 72.6 cm³/mol. The zero-order valence-corrected chi connectivity index (χ0v) is 11.4. The molecule has 0 saturated carbocycles. The van der Waals surface area contributed by atoms with Crippen LogP contribution in [-0.2, 0) is 0 Å². The average molecular weight is 277 g/mol. The second-order valence-corrected chi connectivity index (χ2v) is 4.21. The molecule has 1 atom stereocenters. The van der Waals surface area contributed by atoms with Crippen LogP contribution in [0, 0.1) is 10.1 Å². The number of methoxy groups -OCH3 is 1. The molecule has 1 aromatic carbocycles. The van der Waals surface area contributed by atoms with Crippen molar-refractivity contribution in [2.45, 2.75) is 13.0 Å². The molecule has 0 radical (unpaired) electrons. The smallest absolute Gasteiger partial charge is 0.273 e. The Kier molecular flexibility index (Phi) is 3.99. The van der Waals surface area contributed by atoms with Crippen LogP contribution < -0.4 is 10.1 Å². The predicted octanol–water partition coefficient (Wildman–Crippen LogP) is 2.54. The summed E-state index contributed by atoms with van der Waals surface area (Å²) in [6.45, 7) is 1.92. The molecule has 0 bridgehead atoms. The maximum Gasteiger partial charge on any atom is 0.273 e. The normalized spacial score (nSPS) is 12.2. The highest BCUT2D eigenvalue weighted by atomic mass is 16.6. The second-order valence-electron chi connectivity index (χ2n) is 4.21. The van der Waals surface area contributed by atoms with E-state index in [1.54, 1.807) is 19.3 Å². The lowest BCUT2D eigenvalue weighted by molar-refractivity contribution is -0.384. The van der Waals surface area contributed by atoms with Gasteiger partial charge in [-0.3, -0.25) is 10.1 Å². The lowest BCUT2D eigenvalue weighted by atomic mass is 10.1. The molecular weight excluding hydrogens is 262 g/mol. The summed E-state index contributed by atoms with van der Waals surface area (Å²) in [6, 6.07) is 4.33. The molecule has 0 aliphatic heterocycles. The van der Waals surface area contributed by atoms with Crippen molar-refractivity contribution in [2.24, 2.45) is 0 Å². The third kappa shape index (κ3) is 2.62. The van der Waals surface area contributed by atoms with Crippen molar-refractivity contribution in [3.8, 4) is 17.1 Å². The monoisotopic (exact) mass is 277 g/mol. The highest BCUT2D eigenvalue weighted by molar-refractivity contribution is 5.67. The number of nitro groups is 1. The topological polar surface area (TPSA) is 90.4 Å². The van der Waals surface area contributed by atoms with Crippen LogP contribution in [0.15, 0.2) is 28.8 Å². The van der Waals surface area contributed by atoms with Gasteiger partial charge >= 0.3 is 0 Å². The quantitative estimate of drug-likeness (QED) is 0.667. The number of ether oxygens (including phenoxy) is 1. The number of benzene rings is 1. The number of nitrogens with one attached hydrogen (secondary N) is 1. The van der Waals surface area contributed by atoms with Crippen molar-refractivity contribution in [1.29, 1.82) is 0 Å². The largest absolute Gasteiger partial charge is 0.496 e. The number of non-ortho nitro benzene ring substituents is 1. The van der Waals surface area contributed by atoms with Gasteiger partial charge in [0, 0.05) is 6.07 Å². The van der Waals surface area contributed by atoms with Gasteiger partial charge in [-0.2, -0.15) is 0 Å². The molecule has 2 aromatic rings. The minimum atomic E-state index is -0.471. The first kappa shape index (κ1) is 14.0. The van der Waals surface area contributed by atoms with E-state index in [2.05, 4.69) is 10.3 Å². The summed E-state index contributed by atoms with van der Waals surface area (Å²) >= 11 is 0. The SMILES string of the molecule is CNC(C)c1ncc(-c2ccc([N+](=O)[O-])cc2OC)o1. The minimum absolute atomic E-state index is 0.0206. The van der Waals surface area contributed by atoms with Gasteiger partial charge < -0.3 is 14.5 Å². The van der Waals surface area contributed by atoms with Crippen molar-refractivity contribution < 1.29 is 14.1 Å². The molecule has 2 rings (SSSR count). The molecule has 20 heavy (non-hydrogen) atoms. The van der Waals surface area contributed by atoms with E-state index in [0.717, 1.165) is 0 Å². The van der Waals surface area contributed by atoms with Crippen LogP contribution in [0.5, 0.6) is 5.75 Å². The van der Waals surface area contributed by atoms with Crippen LogP contribution in [-0.4, -0.2) is 24.1 Å². The maximum absolute atomic E-state index is 10.8. The molecule has 0 aliphatic rings. The van der Waals surface area contributed by atoms with Crippen molar-refractivity contribution in [3.05, 3.63) is 40.4 Å². The standard InChI is InChI=1S/C13H15N3O4/c1-8(14-2)13-15-7-12(20-13)10-5-4-9(16(17)18)6-11(10)19-3/h4-8,14H,1-3H3. The van der Waals surface area contributed by atoms with Gasteiger partial charge in [0.25, 0.3) is 5.69 Å². The molecule has 0 saturated heterocycles. The van der Waals surface area contributed by atoms with Crippen LogP contribution in [0.1, 0.15) is 18.9 Å². The zero-order chi connectivity index (χ0) is 14.7. The average Bonchev–Trinajstić information content (AvgIpc) is 2.95. The summed E-state index contributed by atoms with van der Waals surface area (Å²) in [5.41, 5.74) is 0.592. The van der Waals surface area contributed by atoms with E-state index in [1.807, 2.05) is 6.92 Å². The Morgan fingerprint density at radius 2 is 2.25 bits per heavy atom. The lowest BCUT2D eigenvalue weighted by Gasteiger charge is -2.06. The molecule has 1 unspecified atom stereocenters. The summed E-state index contributed by atoms with van der Waals surface area (Å²) in [7, 11) is 3.26. The fraction of sp³-hybridized carbons (Fsp3) is 0.308. The van der Waals surface area contributed by atoms with E-state index in [-0.39, 0.29) is 11.7 Å². The van der Waals surface area contributed by atoms with Crippen molar-refractivity contribution >= 4 is 5.69 Å². The Labute approximate surface area is 115 Å². The van der Waals surface area contributed by atoms with Crippen molar-refractivity contribution in [2.75, 3.05) is 14.2 Å². The highest BCUT2D eigenvalue weighted by Crippen LogP contribution is 2.34. The maximum atomic E-state index is 10.8. The second kappa shape index (κ2) is 5.70. The first-order chi connectivity index (χ1) is 9.56. The first-order valence-corrected chi connectivity index (χ1v) is 6.02. The molecule has 0 spiro atoms. The number of hydrogen-bond donors (Lipinski definition) is 1. The molecule has 7 heteroatoms. The molecule has 0 aliphatic carbocycles. The number of rotatable bonds is 5. The van der Waals surface area contributed by atoms with Crippen molar-refractivity contribution in [1.82, 2.24) is 10.3 Å². The van der Waals surface area contributed by atoms with Crippen molar-refractivity contribution in [3.63, 3.8) is 0 Å². The fourth-order valence-corrected chi connectivity index (χ4v) is 1.73. The molecule has 106 valence electrons. The molecule has 0 amide bonds. The first-order valence-electron chi connectivity index (χ1n) is 6.02. The zero-order valence-electron chi connectivity index (χ0n) is 11.4. The molecule has 1 aromatic heterocycles. The van der Waals surface area contributed by atoms with Crippen LogP contribution in [0.2, 0.25) is 0 Å². The van der Waals surface area contributed by atoms with Crippen LogP contribution in [0.25, 0.3) is 11.3 Å². The molecule has 1 N–H and O–H groups in total. The lowest BCUT2D eigenvalue weighted by Crippen LogP contribution is -2.12. The van der Waals surface area contributed by atoms with Gasteiger partial charge in [-0.25, -0.2) is 4.98 Å². The number of hydrogen-bond acceptors (Lipinski definition) is 6. The highest BCUT2D eigenvalue weighted by Gasteiger charge is 2.17. The minimum Gasteiger partial charge on any atom is -0.496 e. The van der Waals surface area contributed by atoms with Crippen LogP contribution in [0.4, 0.5) is 5.69 Å². The Balaban J connectivity index is 2.41. The number of nitrogens with zero attached hydrogens (tertiary/aromatic N) is 2. The summed E-state index contributed by atoms with van der Waals surface area (Å²) in [6.07, 6.45) is 1.58. The van der Waals surface area contributed by atoms with Gasteiger partial charge in [0.05, 0.1) is 35.9 Å². The van der Waals surface area contributed by atoms with Gasteiger partial charge in [-0.1, -0.05) is 0 Å². The number of oxazole rings is 1.